The topological polar surface area (TPSA) is 64.6 Å². The lowest BCUT2D eigenvalue weighted by Gasteiger charge is -2.22. The molecule has 0 radical (unpaired) electrons. The molecule has 0 amide bonds. The number of methoxy groups -OCH3 is 1. The highest BCUT2D eigenvalue weighted by Crippen LogP contribution is 2.28. The fourth-order valence-electron chi connectivity index (χ4n) is 2.64. The first kappa shape index (κ1) is 16.0. The number of ether oxygens (including phenoxy) is 2. The third kappa shape index (κ3) is 4.04. The van der Waals surface area contributed by atoms with Gasteiger partial charge in [0, 0.05) is 30.4 Å². The van der Waals surface area contributed by atoms with Gasteiger partial charge in [0.1, 0.15) is 6.10 Å². The van der Waals surface area contributed by atoms with Gasteiger partial charge in [-0.15, -0.1) is 0 Å². The van der Waals surface area contributed by atoms with E-state index in [2.05, 4.69) is 21.2 Å². The van der Waals surface area contributed by atoms with Crippen molar-refractivity contribution in [1.82, 2.24) is 5.32 Å². The van der Waals surface area contributed by atoms with Crippen LogP contribution in [0.1, 0.15) is 24.8 Å². The summed E-state index contributed by atoms with van der Waals surface area (Å²) in [5.74, 6) is -1.01. The zero-order valence-corrected chi connectivity index (χ0v) is 13.6. The van der Waals surface area contributed by atoms with E-state index in [1.165, 1.54) is 14.0 Å². The maximum absolute atomic E-state index is 12.1. The van der Waals surface area contributed by atoms with Crippen LogP contribution in [0, 0.1) is 0 Å². The van der Waals surface area contributed by atoms with E-state index in [0.29, 0.717) is 13.0 Å². The van der Waals surface area contributed by atoms with Gasteiger partial charge >= 0.3 is 11.9 Å². The maximum Gasteiger partial charge on any atom is 0.314 e. The number of hydrogen-bond acceptors (Lipinski definition) is 5. The highest BCUT2D eigenvalue weighted by Gasteiger charge is 2.37. The Bertz CT molecular complexity index is 517. The van der Waals surface area contributed by atoms with E-state index in [4.69, 9.17) is 9.47 Å². The quantitative estimate of drug-likeness (QED) is 0.836. The number of benzene rings is 1. The van der Waals surface area contributed by atoms with Gasteiger partial charge in [-0.25, -0.2) is 0 Å². The van der Waals surface area contributed by atoms with Crippen molar-refractivity contribution in [2.75, 3.05) is 13.7 Å². The molecule has 3 atom stereocenters. The number of nitrogens with one attached hydrogen (secondary N) is 1. The molecule has 114 valence electrons. The van der Waals surface area contributed by atoms with Crippen molar-refractivity contribution >= 4 is 27.9 Å². The molecular weight excluding hydrogens is 338 g/mol. The average Bonchev–Trinajstić information content (AvgIpc) is 2.88. The molecule has 1 saturated heterocycles. The molecule has 0 spiro atoms. The molecule has 0 aromatic heterocycles. The van der Waals surface area contributed by atoms with E-state index < -0.39 is 5.92 Å². The highest BCUT2D eigenvalue weighted by molar-refractivity contribution is 9.10. The largest absolute Gasteiger partial charge is 0.469 e. The van der Waals surface area contributed by atoms with Crippen molar-refractivity contribution in [2.45, 2.75) is 31.4 Å². The Kier molecular flexibility index (Phi) is 5.36. The number of esters is 2. The van der Waals surface area contributed by atoms with Crippen molar-refractivity contribution in [3.05, 3.63) is 34.3 Å². The number of halogens is 1. The lowest BCUT2D eigenvalue weighted by Crippen LogP contribution is -2.34. The first-order valence-corrected chi connectivity index (χ1v) is 7.54. The number of hydrogen-bond donors (Lipinski definition) is 1. The molecule has 2 rings (SSSR count). The summed E-state index contributed by atoms with van der Waals surface area (Å²) in [6.45, 7) is 1.94. The minimum Gasteiger partial charge on any atom is -0.469 e. The van der Waals surface area contributed by atoms with Crippen molar-refractivity contribution in [1.29, 1.82) is 0 Å². The van der Waals surface area contributed by atoms with Crippen LogP contribution in [-0.2, 0) is 19.1 Å². The molecule has 1 aromatic rings. The van der Waals surface area contributed by atoms with Crippen LogP contribution in [0.15, 0.2) is 28.7 Å². The Morgan fingerprint density at radius 3 is 2.57 bits per heavy atom. The minimum absolute atomic E-state index is 0.108. The molecule has 6 heteroatoms. The minimum atomic E-state index is -0.413. The van der Waals surface area contributed by atoms with Crippen molar-refractivity contribution < 1.29 is 19.1 Å². The standard InChI is InChI=1S/C15H18BrNO4/c1-9(18)21-12-7-13(17-8-12)14(15(19)20-2)10-3-5-11(16)6-4-10/h3-6,12-14,17H,7-8H2,1-2H3/t12-,13+,14-/m1/s1. The third-order valence-corrected chi connectivity index (χ3v) is 4.07. The monoisotopic (exact) mass is 355 g/mol. The summed E-state index contributed by atoms with van der Waals surface area (Å²) in [5.41, 5.74) is 0.881. The van der Waals surface area contributed by atoms with Gasteiger partial charge in [0.15, 0.2) is 0 Å². The van der Waals surface area contributed by atoms with E-state index in [1.54, 1.807) is 0 Å². The van der Waals surface area contributed by atoms with E-state index in [1.807, 2.05) is 24.3 Å². The Morgan fingerprint density at radius 1 is 1.33 bits per heavy atom. The predicted molar refractivity (Wildman–Crippen MR) is 80.9 cm³/mol. The average molecular weight is 356 g/mol. The summed E-state index contributed by atoms with van der Waals surface area (Å²) in [4.78, 5) is 23.2. The van der Waals surface area contributed by atoms with Crippen LogP contribution in [0.4, 0.5) is 0 Å². The van der Waals surface area contributed by atoms with Crippen LogP contribution in [0.5, 0.6) is 0 Å². The van der Waals surface area contributed by atoms with Gasteiger partial charge in [-0.2, -0.15) is 0 Å². The van der Waals surface area contributed by atoms with E-state index in [-0.39, 0.29) is 24.1 Å². The lowest BCUT2D eigenvalue weighted by molar-refractivity contribution is -0.145. The van der Waals surface area contributed by atoms with Gasteiger partial charge < -0.3 is 14.8 Å². The molecule has 0 saturated carbocycles. The number of carbonyl (C=O) groups excluding carboxylic acids is 2. The molecule has 0 unspecified atom stereocenters. The van der Waals surface area contributed by atoms with Crippen molar-refractivity contribution in [3.63, 3.8) is 0 Å². The molecule has 5 nitrogen and oxygen atoms in total. The second-order valence-corrected chi connectivity index (χ2v) is 5.95. The van der Waals surface area contributed by atoms with Crippen LogP contribution in [0.25, 0.3) is 0 Å². The van der Waals surface area contributed by atoms with Crippen molar-refractivity contribution in [2.24, 2.45) is 0 Å². The molecule has 1 aromatic carbocycles. The maximum atomic E-state index is 12.1. The zero-order valence-electron chi connectivity index (χ0n) is 12.0. The first-order valence-electron chi connectivity index (χ1n) is 6.75. The highest BCUT2D eigenvalue weighted by atomic mass is 79.9. The summed E-state index contributed by atoms with van der Waals surface area (Å²) in [6, 6.07) is 7.47. The second-order valence-electron chi connectivity index (χ2n) is 5.03. The number of carbonyl (C=O) groups is 2. The van der Waals surface area contributed by atoms with Crippen LogP contribution in [0.2, 0.25) is 0 Å². The molecule has 1 heterocycles. The van der Waals surface area contributed by atoms with Crippen LogP contribution in [0.3, 0.4) is 0 Å². The Hall–Kier alpha value is -1.40. The molecule has 0 aliphatic carbocycles. The summed E-state index contributed by atoms with van der Waals surface area (Å²) >= 11 is 3.38. The molecular formula is C15H18BrNO4. The summed E-state index contributed by atoms with van der Waals surface area (Å²) in [6.07, 6.45) is 0.394. The van der Waals surface area contributed by atoms with Crippen LogP contribution in [-0.4, -0.2) is 37.7 Å². The third-order valence-electron chi connectivity index (χ3n) is 3.54. The van der Waals surface area contributed by atoms with Gasteiger partial charge in [-0.1, -0.05) is 28.1 Å². The lowest BCUT2D eigenvalue weighted by atomic mass is 9.90. The van der Waals surface area contributed by atoms with Gasteiger partial charge in [-0.05, 0) is 17.7 Å². The smallest absolute Gasteiger partial charge is 0.314 e. The van der Waals surface area contributed by atoms with Crippen molar-refractivity contribution in [3.8, 4) is 0 Å². The molecule has 1 fully saturated rings. The fraction of sp³-hybridized carbons (Fsp3) is 0.467. The molecule has 0 bridgehead atoms. The Labute approximate surface area is 132 Å². The van der Waals surface area contributed by atoms with Crippen LogP contribution >= 0.6 is 15.9 Å². The summed E-state index contributed by atoms with van der Waals surface area (Å²) in [7, 11) is 1.38. The van der Waals surface area contributed by atoms with Gasteiger partial charge in [0.05, 0.1) is 13.0 Å². The summed E-state index contributed by atoms with van der Waals surface area (Å²) in [5, 5.41) is 3.25. The van der Waals surface area contributed by atoms with Gasteiger partial charge in [0.25, 0.3) is 0 Å². The Morgan fingerprint density at radius 2 is 2.00 bits per heavy atom. The van der Waals surface area contributed by atoms with E-state index in [9.17, 15) is 9.59 Å². The van der Waals surface area contributed by atoms with E-state index >= 15 is 0 Å². The summed E-state index contributed by atoms with van der Waals surface area (Å²) < 4.78 is 11.1. The fourth-order valence-corrected chi connectivity index (χ4v) is 2.91. The van der Waals surface area contributed by atoms with Gasteiger partial charge in [-0.3, -0.25) is 9.59 Å². The van der Waals surface area contributed by atoms with Crippen LogP contribution < -0.4 is 5.32 Å². The molecule has 1 aliphatic heterocycles. The Balaban J connectivity index is 2.16. The zero-order chi connectivity index (χ0) is 15.4. The molecule has 1 N–H and O–H groups in total. The first-order chi connectivity index (χ1) is 10.0. The molecule has 1 aliphatic rings. The number of rotatable bonds is 4. The van der Waals surface area contributed by atoms with Gasteiger partial charge in [0.2, 0.25) is 0 Å². The predicted octanol–water partition coefficient (Wildman–Crippen LogP) is 2.00. The van der Waals surface area contributed by atoms with E-state index in [0.717, 1.165) is 10.0 Å². The second kappa shape index (κ2) is 7.04. The molecule has 21 heavy (non-hydrogen) atoms. The normalized spacial score (nSPS) is 22.6. The SMILES string of the molecule is COC(=O)[C@H](c1ccc(Br)cc1)[C@@H]1C[C@@H](OC(C)=O)CN1.